The van der Waals surface area contributed by atoms with Crippen molar-refractivity contribution >= 4 is 5.91 Å². The molecular formula is C16H23N3O3. The van der Waals surface area contributed by atoms with Gasteiger partial charge in [-0.2, -0.15) is 0 Å². The highest BCUT2D eigenvalue weighted by molar-refractivity contribution is 5.95. The first-order valence-corrected chi connectivity index (χ1v) is 7.40. The van der Waals surface area contributed by atoms with Crippen LogP contribution in [0.15, 0.2) is 16.7 Å². The molecule has 0 radical (unpaired) electrons. The Bertz CT molecular complexity index is 670. The quantitative estimate of drug-likeness (QED) is 0.887. The second-order valence-electron chi connectivity index (χ2n) is 5.94. The lowest BCUT2D eigenvalue weighted by molar-refractivity contribution is 0.0871. The zero-order valence-corrected chi connectivity index (χ0v) is 13.7. The summed E-state index contributed by atoms with van der Waals surface area (Å²) in [5.41, 5.74) is 2.27. The van der Waals surface area contributed by atoms with Crippen LogP contribution in [0.1, 0.15) is 41.4 Å². The second kappa shape index (κ2) is 6.36. The number of nitrogens with one attached hydrogen (secondary N) is 1. The van der Waals surface area contributed by atoms with E-state index in [1.165, 1.54) is 0 Å². The van der Waals surface area contributed by atoms with Crippen LogP contribution in [0.25, 0.3) is 5.82 Å². The zero-order valence-electron chi connectivity index (χ0n) is 13.7. The molecule has 0 aromatic carbocycles. The Morgan fingerprint density at radius 3 is 2.59 bits per heavy atom. The minimum atomic E-state index is -0.550. The molecule has 2 heterocycles. The lowest BCUT2D eigenvalue weighted by Gasteiger charge is -2.15. The number of carbonyl (C=O) groups excluding carboxylic acids is 1. The molecule has 0 spiro atoms. The van der Waals surface area contributed by atoms with Crippen molar-refractivity contribution in [1.82, 2.24) is 15.0 Å². The summed E-state index contributed by atoms with van der Waals surface area (Å²) < 4.78 is 6.98. The summed E-state index contributed by atoms with van der Waals surface area (Å²) in [6.45, 7) is 9.67. The van der Waals surface area contributed by atoms with Gasteiger partial charge < -0.3 is 14.9 Å². The third kappa shape index (κ3) is 3.22. The van der Waals surface area contributed by atoms with E-state index < -0.39 is 6.10 Å². The maximum absolute atomic E-state index is 12.3. The number of nitrogens with zero attached hydrogens (tertiary/aromatic N) is 2. The summed E-state index contributed by atoms with van der Waals surface area (Å²) in [6, 6.07) is 3.64. The Balaban J connectivity index is 2.21. The number of carbonyl (C=O) groups is 1. The highest BCUT2D eigenvalue weighted by Crippen LogP contribution is 2.20. The molecule has 6 nitrogen and oxygen atoms in total. The lowest BCUT2D eigenvalue weighted by atomic mass is 10.1. The Kier molecular flexibility index (Phi) is 4.71. The van der Waals surface area contributed by atoms with Crippen molar-refractivity contribution in [3.63, 3.8) is 0 Å². The molecule has 2 rings (SSSR count). The molecule has 22 heavy (non-hydrogen) atoms. The van der Waals surface area contributed by atoms with Crippen molar-refractivity contribution in [3.8, 4) is 5.82 Å². The van der Waals surface area contributed by atoms with Gasteiger partial charge in [0, 0.05) is 24.0 Å². The summed E-state index contributed by atoms with van der Waals surface area (Å²) in [7, 11) is 0. The van der Waals surface area contributed by atoms with E-state index in [1.54, 1.807) is 0 Å². The molecule has 0 aliphatic rings. The maximum atomic E-state index is 12.3. The highest BCUT2D eigenvalue weighted by Gasteiger charge is 2.19. The van der Waals surface area contributed by atoms with Gasteiger partial charge in [-0.25, -0.2) is 0 Å². The molecule has 1 amide bonds. The molecule has 1 atom stereocenters. The van der Waals surface area contributed by atoms with Gasteiger partial charge in [-0.1, -0.05) is 19.0 Å². The Labute approximate surface area is 130 Å². The monoisotopic (exact) mass is 305 g/mol. The zero-order chi connectivity index (χ0) is 16.4. The molecule has 6 heteroatoms. The predicted molar refractivity (Wildman–Crippen MR) is 83.2 cm³/mol. The van der Waals surface area contributed by atoms with Crippen LogP contribution in [0, 0.1) is 26.7 Å². The van der Waals surface area contributed by atoms with Crippen LogP contribution >= 0.6 is 0 Å². The molecule has 1 unspecified atom stereocenters. The van der Waals surface area contributed by atoms with Gasteiger partial charge in [0.05, 0.1) is 11.7 Å². The fraction of sp³-hybridized carbons (Fsp3) is 0.500. The van der Waals surface area contributed by atoms with Crippen LogP contribution in [0.4, 0.5) is 0 Å². The third-order valence-corrected chi connectivity index (χ3v) is 3.76. The maximum Gasteiger partial charge on any atom is 0.253 e. The van der Waals surface area contributed by atoms with Gasteiger partial charge in [-0.05, 0) is 32.8 Å². The average Bonchev–Trinajstić information content (AvgIpc) is 2.99. The second-order valence-corrected chi connectivity index (χ2v) is 5.94. The van der Waals surface area contributed by atoms with Crippen LogP contribution in [-0.2, 0) is 0 Å². The van der Waals surface area contributed by atoms with Crippen LogP contribution in [0.5, 0.6) is 0 Å². The van der Waals surface area contributed by atoms with Crippen molar-refractivity contribution in [2.24, 2.45) is 5.92 Å². The van der Waals surface area contributed by atoms with E-state index in [9.17, 15) is 9.90 Å². The highest BCUT2D eigenvalue weighted by atomic mass is 16.5. The topological polar surface area (TPSA) is 80.3 Å². The fourth-order valence-electron chi connectivity index (χ4n) is 2.33. The van der Waals surface area contributed by atoms with Crippen LogP contribution in [0.2, 0.25) is 0 Å². The number of aliphatic hydroxyl groups excluding tert-OH is 1. The molecule has 2 aromatic rings. The summed E-state index contributed by atoms with van der Waals surface area (Å²) in [5, 5.41) is 16.6. The van der Waals surface area contributed by atoms with E-state index >= 15 is 0 Å². The lowest BCUT2D eigenvalue weighted by Crippen LogP contribution is -2.34. The van der Waals surface area contributed by atoms with Gasteiger partial charge in [0.15, 0.2) is 5.82 Å². The Hall–Kier alpha value is -2.08. The molecule has 120 valence electrons. The van der Waals surface area contributed by atoms with Crippen molar-refractivity contribution in [2.75, 3.05) is 6.54 Å². The number of hydrogen-bond donors (Lipinski definition) is 2. The molecule has 0 bridgehead atoms. The number of hydrogen-bond acceptors (Lipinski definition) is 4. The molecule has 0 saturated carbocycles. The van der Waals surface area contributed by atoms with Gasteiger partial charge in [-0.15, -0.1) is 0 Å². The predicted octanol–water partition coefficient (Wildman–Crippen LogP) is 2.14. The number of rotatable bonds is 5. The van der Waals surface area contributed by atoms with Gasteiger partial charge >= 0.3 is 0 Å². The molecule has 2 N–H and O–H groups in total. The smallest absolute Gasteiger partial charge is 0.253 e. The summed E-state index contributed by atoms with van der Waals surface area (Å²) in [5.74, 6) is 1.28. The Morgan fingerprint density at radius 1 is 1.36 bits per heavy atom. The standard InChI is InChI=1S/C16H23N3O3/c1-9(2)14(20)8-17-16(21)13-6-10(3)19(12(13)5)15-7-11(4)22-18-15/h6-7,9,14,20H,8H2,1-5H3,(H,17,21). The fourth-order valence-corrected chi connectivity index (χ4v) is 2.33. The van der Waals surface area contributed by atoms with Crippen molar-refractivity contribution in [2.45, 2.75) is 40.7 Å². The van der Waals surface area contributed by atoms with E-state index in [1.807, 2.05) is 51.3 Å². The molecule has 2 aromatic heterocycles. The molecule has 0 fully saturated rings. The van der Waals surface area contributed by atoms with E-state index in [0.29, 0.717) is 17.1 Å². The molecular weight excluding hydrogens is 282 g/mol. The van der Waals surface area contributed by atoms with E-state index in [4.69, 9.17) is 4.52 Å². The summed E-state index contributed by atoms with van der Waals surface area (Å²) >= 11 is 0. The number of aliphatic hydroxyl groups is 1. The van der Waals surface area contributed by atoms with E-state index in [0.717, 1.165) is 11.4 Å². The number of aryl methyl sites for hydroxylation is 2. The first-order valence-electron chi connectivity index (χ1n) is 7.40. The normalized spacial score (nSPS) is 12.7. The van der Waals surface area contributed by atoms with Crippen molar-refractivity contribution < 1.29 is 14.4 Å². The van der Waals surface area contributed by atoms with Crippen LogP contribution < -0.4 is 5.32 Å². The van der Waals surface area contributed by atoms with E-state index in [-0.39, 0.29) is 18.4 Å². The Morgan fingerprint density at radius 2 is 2.05 bits per heavy atom. The molecule has 0 saturated heterocycles. The molecule has 0 aliphatic carbocycles. The average molecular weight is 305 g/mol. The first-order chi connectivity index (χ1) is 10.3. The van der Waals surface area contributed by atoms with Crippen molar-refractivity contribution in [1.29, 1.82) is 0 Å². The minimum absolute atomic E-state index is 0.103. The van der Waals surface area contributed by atoms with Gasteiger partial charge in [0.25, 0.3) is 5.91 Å². The summed E-state index contributed by atoms with van der Waals surface area (Å²) in [4.78, 5) is 12.3. The summed E-state index contributed by atoms with van der Waals surface area (Å²) in [6.07, 6.45) is -0.550. The number of aromatic nitrogens is 2. The third-order valence-electron chi connectivity index (χ3n) is 3.76. The van der Waals surface area contributed by atoms with Gasteiger partial charge in [0.1, 0.15) is 5.76 Å². The largest absolute Gasteiger partial charge is 0.391 e. The molecule has 0 aliphatic heterocycles. The van der Waals surface area contributed by atoms with Crippen molar-refractivity contribution in [3.05, 3.63) is 34.8 Å². The van der Waals surface area contributed by atoms with Crippen LogP contribution in [-0.4, -0.2) is 33.4 Å². The van der Waals surface area contributed by atoms with Gasteiger partial charge in [0.2, 0.25) is 0 Å². The minimum Gasteiger partial charge on any atom is -0.391 e. The van der Waals surface area contributed by atoms with Gasteiger partial charge in [-0.3, -0.25) is 9.36 Å². The number of amides is 1. The van der Waals surface area contributed by atoms with E-state index in [2.05, 4.69) is 10.5 Å². The SMILES string of the molecule is Cc1cc(-n2c(C)cc(C(=O)NCC(O)C(C)C)c2C)no1. The van der Waals surface area contributed by atoms with Crippen LogP contribution in [0.3, 0.4) is 0 Å². The first kappa shape index (κ1) is 16.3.